The summed E-state index contributed by atoms with van der Waals surface area (Å²) in [5.41, 5.74) is 0.199. The van der Waals surface area contributed by atoms with E-state index in [1.54, 1.807) is 7.11 Å². The van der Waals surface area contributed by atoms with Crippen molar-refractivity contribution in [3.8, 4) is 0 Å². The molecule has 0 radical (unpaired) electrons. The molecule has 2 fully saturated rings. The monoisotopic (exact) mass is 337 g/mol. The number of aliphatic imine (C=N–C) groups is 1. The van der Waals surface area contributed by atoms with Crippen molar-refractivity contribution < 1.29 is 13.5 Å². The molecule has 3 unspecified atom stereocenters. The fraction of sp³-hybridized carbons (Fsp3) is 0.611. The first kappa shape index (κ1) is 17.1. The standard InChI is InChI=1S/C18H25F2N3O/c1-3-21-18(23-8-7-12(10-23)11-24-2)22-16-9-13(16)17-14(19)5-4-6-15(17)20/h4-6,12-13,16H,3,7-11H2,1-2H3,(H,21,22). The van der Waals surface area contributed by atoms with Crippen molar-refractivity contribution >= 4 is 5.96 Å². The molecule has 1 heterocycles. The molecular formula is C18H25F2N3O. The van der Waals surface area contributed by atoms with Gasteiger partial charge in [-0.3, -0.25) is 4.99 Å². The van der Waals surface area contributed by atoms with E-state index in [-0.39, 0.29) is 17.5 Å². The summed E-state index contributed by atoms with van der Waals surface area (Å²) in [5.74, 6) is 0.322. The Morgan fingerprint density at radius 2 is 2.12 bits per heavy atom. The molecule has 3 rings (SSSR count). The Morgan fingerprint density at radius 1 is 1.38 bits per heavy atom. The van der Waals surface area contributed by atoms with Gasteiger partial charge < -0.3 is 15.0 Å². The Morgan fingerprint density at radius 3 is 2.79 bits per heavy atom. The van der Waals surface area contributed by atoms with Crippen LogP contribution in [0.1, 0.15) is 31.2 Å². The molecule has 0 bridgehead atoms. The summed E-state index contributed by atoms with van der Waals surface area (Å²) in [4.78, 5) is 6.78. The second kappa shape index (κ2) is 7.47. The lowest BCUT2D eigenvalue weighted by molar-refractivity contribution is 0.157. The number of nitrogens with one attached hydrogen (secondary N) is 1. The lowest BCUT2D eigenvalue weighted by atomic mass is 10.1. The predicted molar refractivity (Wildman–Crippen MR) is 90.2 cm³/mol. The summed E-state index contributed by atoms with van der Waals surface area (Å²) < 4.78 is 33.1. The minimum absolute atomic E-state index is 0.0446. The van der Waals surface area contributed by atoms with Crippen molar-refractivity contribution in [3.05, 3.63) is 35.4 Å². The first-order chi connectivity index (χ1) is 11.6. The van der Waals surface area contributed by atoms with E-state index < -0.39 is 11.6 Å². The highest BCUT2D eigenvalue weighted by Crippen LogP contribution is 2.43. The van der Waals surface area contributed by atoms with Crippen LogP contribution in [0.25, 0.3) is 0 Å². The maximum absolute atomic E-state index is 13.9. The Hall–Kier alpha value is -1.69. The number of rotatable bonds is 5. The van der Waals surface area contributed by atoms with Gasteiger partial charge in [-0.1, -0.05) is 6.07 Å². The highest BCUT2D eigenvalue weighted by molar-refractivity contribution is 5.81. The number of ether oxygens (including phenoxy) is 1. The number of hydrogen-bond acceptors (Lipinski definition) is 2. The van der Waals surface area contributed by atoms with Gasteiger partial charge in [-0.25, -0.2) is 8.78 Å². The van der Waals surface area contributed by atoms with Crippen LogP contribution in [0, 0.1) is 17.6 Å². The molecule has 3 atom stereocenters. The normalized spacial score (nSPS) is 26.8. The van der Waals surface area contributed by atoms with Gasteiger partial charge >= 0.3 is 0 Å². The molecular weight excluding hydrogens is 312 g/mol. The zero-order chi connectivity index (χ0) is 17.1. The Labute approximate surface area is 141 Å². The van der Waals surface area contributed by atoms with Gasteiger partial charge in [-0.2, -0.15) is 0 Å². The first-order valence-corrected chi connectivity index (χ1v) is 8.62. The van der Waals surface area contributed by atoms with Crippen molar-refractivity contribution in [3.63, 3.8) is 0 Å². The summed E-state index contributed by atoms with van der Waals surface area (Å²) in [6.07, 6.45) is 1.81. The average molecular weight is 337 g/mol. The Balaban J connectivity index is 1.63. The van der Waals surface area contributed by atoms with Gasteiger partial charge in [-0.05, 0) is 31.9 Å². The van der Waals surface area contributed by atoms with Crippen LogP contribution in [0.2, 0.25) is 0 Å². The van der Waals surface area contributed by atoms with Crippen LogP contribution in [0.3, 0.4) is 0 Å². The van der Waals surface area contributed by atoms with Gasteiger partial charge in [0.05, 0.1) is 6.61 Å². The molecule has 1 aliphatic heterocycles. The van der Waals surface area contributed by atoms with Crippen LogP contribution in [0.15, 0.2) is 23.2 Å². The van der Waals surface area contributed by atoms with Crippen molar-refractivity contribution in [1.82, 2.24) is 10.2 Å². The van der Waals surface area contributed by atoms with E-state index in [1.807, 2.05) is 6.92 Å². The second-order valence-corrected chi connectivity index (χ2v) is 6.58. The van der Waals surface area contributed by atoms with Gasteiger partial charge in [0.1, 0.15) is 11.6 Å². The SMILES string of the molecule is CCN=C(NC1CC1c1c(F)cccc1F)N1CCC(COC)C1. The average Bonchev–Trinajstić information content (AvgIpc) is 3.12. The largest absolute Gasteiger partial charge is 0.384 e. The molecule has 1 aromatic rings. The lowest BCUT2D eigenvalue weighted by Crippen LogP contribution is -2.42. The van der Waals surface area contributed by atoms with E-state index in [9.17, 15) is 8.78 Å². The van der Waals surface area contributed by atoms with Gasteiger partial charge in [0.15, 0.2) is 5.96 Å². The van der Waals surface area contributed by atoms with Crippen LogP contribution in [-0.4, -0.2) is 50.3 Å². The van der Waals surface area contributed by atoms with Crippen molar-refractivity contribution in [1.29, 1.82) is 0 Å². The van der Waals surface area contributed by atoms with Crippen molar-refractivity contribution in [2.45, 2.75) is 31.7 Å². The van der Waals surface area contributed by atoms with Crippen LogP contribution in [0.4, 0.5) is 8.78 Å². The summed E-state index contributed by atoms with van der Waals surface area (Å²) in [5, 5.41) is 3.40. The van der Waals surface area contributed by atoms with E-state index in [2.05, 4.69) is 15.2 Å². The number of likely N-dealkylation sites (tertiary alicyclic amines) is 1. The Bertz CT molecular complexity index is 588. The zero-order valence-corrected chi connectivity index (χ0v) is 14.3. The maximum atomic E-state index is 13.9. The molecule has 2 aliphatic rings. The summed E-state index contributed by atoms with van der Waals surface area (Å²) in [6.45, 7) is 5.27. The van der Waals surface area contributed by atoms with Crippen LogP contribution in [0.5, 0.6) is 0 Å². The summed E-state index contributed by atoms with van der Waals surface area (Å²) in [7, 11) is 1.72. The molecule has 132 valence electrons. The molecule has 1 aliphatic carbocycles. The van der Waals surface area contributed by atoms with E-state index in [1.165, 1.54) is 18.2 Å². The van der Waals surface area contributed by atoms with Crippen LogP contribution in [-0.2, 0) is 4.74 Å². The third-order valence-electron chi connectivity index (χ3n) is 4.77. The minimum Gasteiger partial charge on any atom is -0.384 e. The molecule has 1 N–H and O–H groups in total. The van der Waals surface area contributed by atoms with Crippen molar-refractivity contribution in [2.75, 3.05) is 33.4 Å². The number of benzene rings is 1. The van der Waals surface area contributed by atoms with Gasteiger partial charge in [-0.15, -0.1) is 0 Å². The van der Waals surface area contributed by atoms with Gasteiger partial charge in [0, 0.05) is 50.2 Å². The Kier molecular flexibility index (Phi) is 5.33. The minimum atomic E-state index is -0.459. The quantitative estimate of drug-likeness (QED) is 0.663. The van der Waals surface area contributed by atoms with E-state index in [4.69, 9.17) is 4.74 Å². The topological polar surface area (TPSA) is 36.9 Å². The number of guanidine groups is 1. The fourth-order valence-corrected chi connectivity index (χ4v) is 3.49. The molecule has 1 saturated heterocycles. The van der Waals surface area contributed by atoms with E-state index in [0.29, 0.717) is 12.5 Å². The molecule has 6 heteroatoms. The highest BCUT2D eigenvalue weighted by atomic mass is 19.1. The predicted octanol–water partition coefficient (Wildman–Crippen LogP) is 2.75. The maximum Gasteiger partial charge on any atom is 0.194 e. The first-order valence-electron chi connectivity index (χ1n) is 8.62. The summed E-state index contributed by atoms with van der Waals surface area (Å²) in [6, 6.07) is 4.10. The fourth-order valence-electron chi connectivity index (χ4n) is 3.49. The summed E-state index contributed by atoms with van der Waals surface area (Å²) >= 11 is 0. The number of nitrogens with zero attached hydrogens (tertiary/aromatic N) is 2. The molecule has 1 saturated carbocycles. The third kappa shape index (κ3) is 3.69. The molecule has 1 aromatic carbocycles. The molecule has 0 aromatic heterocycles. The molecule has 4 nitrogen and oxygen atoms in total. The van der Waals surface area contributed by atoms with E-state index in [0.717, 1.165) is 38.5 Å². The zero-order valence-electron chi connectivity index (χ0n) is 14.3. The number of halogens is 2. The highest BCUT2D eigenvalue weighted by Gasteiger charge is 2.43. The van der Waals surface area contributed by atoms with E-state index >= 15 is 0 Å². The van der Waals surface area contributed by atoms with Gasteiger partial charge in [0.25, 0.3) is 0 Å². The molecule has 0 spiro atoms. The smallest absolute Gasteiger partial charge is 0.194 e. The molecule has 0 amide bonds. The third-order valence-corrected chi connectivity index (χ3v) is 4.77. The van der Waals surface area contributed by atoms with Gasteiger partial charge in [0.2, 0.25) is 0 Å². The van der Waals surface area contributed by atoms with Crippen molar-refractivity contribution in [2.24, 2.45) is 10.9 Å². The van der Waals surface area contributed by atoms with Crippen LogP contribution < -0.4 is 5.32 Å². The number of hydrogen-bond donors (Lipinski definition) is 1. The lowest BCUT2D eigenvalue weighted by Gasteiger charge is -2.22. The van der Waals surface area contributed by atoms with Crippen LogP contribution >= 0.6 is 0 Å². The second-order valence-electron chi connectivity index (χ2n) is 6.58. The number of methoxy groups -OCH3 is 1. The molecule has 24 heavy (non-hydrogen) atoms.